The van der Waals surface area contributed by atoms with Gasteiger partial charge in [0.2, 0.25) is 0 Å². The van der Waals surface area contributed by atoms with E-state index in [2.05, 4.69) is 59.9 Å². The molecule has 2 aromatic heterocycles. The van der Waals surface area contributed by atoms with Crippen LogP contribution in [0.1, 0.15) is 32.3 Å². The van der Waals surface area contributed by atoms with Gasteiger partial charge in [-0.05, 0) is 55.2 Å². The maximum atomic E-state index is 4.81. The first-order chi connectivity index (χ1) is 15.0. The van der Waals surface area contributed by atoms with E-state index in [4.69, 9.17) is 5.10 Å². The van der Waals surface area contributed by atoms with Gasteiger partial charge in [-0.15, -0.1) is 0 Å². The van der Waals surface area contributed by atoms with Crippen LogP contribution in [0.25, 0.3) is 33.3 Å². The lowest BCUT2D eigenvalue weighted by molar-refractivity contribution is 0.746. The number of fused-ring (bicyclic) bond motifs is 2. The van der Waals surface area contributed by atoms with Crippen LogP contribution in [0.5, 0.6) is 0 Å². The third-order valence-corrected chi connectivity index (χ3v) is 6.16. The fraction of sp³-hybridized carbons (Fsp3) is 0.360. The molecule has 1 aliphatic heterocycles. The monoisotopic (exact) mass is 414 g/mol. The fourth-order valence-electron chi connectivity index (χ4n) is 4.59. The predicted molar refractivity (Wildman–Crippen MR) is 129 cm³/mol. The number of aryl methyl sites for hydroxylation is 3. The Morgan fingerprint density at radius 2 is 2.00 bits per heavy atom. The summed E-state index contributed by atoms with van der Waals surface area (Å²) in [5, 5.41) is 17.7. The molecule has 6 nitrogen and oxygen atoms in total. The summed E-state index contributed by atoms with van der Waals surface area (Å²) in [5.74, 6) is 0. The third kappa shape index (κ3) is 3.56. The Kier molecular flexibility index (Phi) is 4.93. The number of benzene rings is 2. The number of nitrogens with one attached hydrogen (secondary N) is 2. The van der Waals surface area contributed by atoms with Gasteiger partial charge in [0.15, 0.2) is 0 Å². The summed E-state index contributed by atoms with van der Waals surface area (Å²) in [6.45, 7) is 5.48. The van der Waals surface area contributed by atoms with Crippen LogP contribution in [0.2, 0.25) is 0 Å². The molecular formula is C25H30N6. The van der Waals surface area contributed by atoms with E-state index in [-0.39, 0.29) is 0 Å². The fourth-order valence-corrected chi connectivity index (χ4v) is 4.59. The van der Waals surface area contributed by atoms with E-state index < -0.39 is 0 Å². The average molecular weight is 415 g/mol. The Labute approximate surface area is 183 Å². The molecule has 0 bridgehead atoms. The zero-order chi connectivity index (χ0) is 21.5. The van der Waals surface area contributed by atoms with Crippen molar-refractivity contribution in [2.24, 2.45) is 14.1 Å². The molecule has 2 aromatic carbocycles. The predicted octanol–water partition coefficient (Wildman–Crippen LogP) is 5.21. The Morgan fingerprint density at radius 3 is 2.77 bits per heavy atom. The topological polar surface area (TPSA) is 59.7 Å². The van der Waals surface area contributed by atoms with E-state index in [0.29, 0.717) is 6.04 Å². The molecule has 0 saturated heterocycles. The maximum Gasteiger partial charge on any atom is 0.103 e. The minimum Gasteiger partial charge on any atom is -0.383 e. The quantitative estimate of drug-likeness (QED) is 0.481. The Hall–Kier alpha value is -3.28. The van der Waals surface area contributed by atoms with Gasteiger partial charge in [0, 0.05) is 49.4 Å². The second-order valence-corrected chi connectivity index (χ2v) is 8.68. The van der Waals surface area contributed by atoms with Crippen molar-refractivity contribution < 1.29 is 0 Å². The molecular weight excluding hydrogens is 384 g/mol. The lowest BCUT2D eigenvalue weighted by atomic mass is 9.96. The third-order valence-electron chi connectivity index (χ3n) is 6.16. The highest BCUT2D eigenvalue weighted by molar-refractivity contribution is 5.98. The second-order valence-electron chi connectivity index (χ2n) is 8.68. The van der Waals surface area contributed by atoms with Crippen molar-refractivity contribution in [3.63, 3.8) is 0 Å². The van der Waals surface area contributed by atoms with E-state index in [1.54, 1.807) is 0 Å². The first kappa shape index (κ1) is 19.7. The molecule has 0 saturated carbocycles. The summed E-state index contributed by atoms with van der Waals surface area (Å²) in [6, 6.07) is 11.8. The van der Waals surface area contributed by atoms with Crippen molar-refractivity contribution in [2.75, 3.05) is 17.2 Å². The van der Waals surface area contributed by atoms with E-state index in [1.165, 1.54) is 28.1 Å². The lowest BCUT2D eigenvalue weighted by Gasteiger charge is -2.19. The van der Waals surface area contributed by atoms with E-state index in [1.807, 2.05) is 35.9 Å². The number of rotatable bonds is 4. The van der Waals surface area contributed by atoms with Gasteiger partial charge in [0.25, 0.3) is 0 Å². The van der Waals surface area contributed by atoms with Gasteiger partial charge in [-0.2, -0.15) is 10.2 Å². The summed E-state index contributed by atoms with van der Waals surface area (Å²) in [7, 11) is 3.94. The zero-order valence-corrected chi connectivity index (χ0v) is 18.7. The maximum absolute atomic E-state index is 4.81. The van der Waals surface area contributed by atoms with Crippen molar-refractivity contribution in [1.29, 1.82) is 0 Å². The zero-order valence-electron chi connectivity index (χ0n) is 18.7. The summed E-state index contributed by atoms with van der Waals surface area (Å²) in [4.78, 5) is 0. The van der Waals surface area contributed by atoms with Crippen molar-refractivity contribution in [3.05, 3.63) is 48.3 Å². The van der Waals surface area contributed by atoms with Gasteiger partial charge in [-0.25, -0.2) is 0 Å². The number of aromatic nitrogens is 4. The van der Waals surface area contributed by atoms with Crippen LogP contribution in [-0.4, -0.2) is 32.1 Å². The van der Waals surface area contributed by atoms with E-state index >= 15 is 0 Å². The molecule has 5 rings (SSSR count). The van der Waals surface area contributed by atoms with Crippen LogP contribution >= 0.6 is 0 Å². The van der Waals surface area contributed by atoms with Gasteiger partial charge in [0.05, 0.1) is 23.1 Å². The summed E-state index contributed by atoms with van der Waals surface area (Å²) in [5.41, 5.74) is 9.39. The second kappa shape index (κ2) is 7.76. The number of hydrogen-bond acceptors (Lipinski definition) is 4. The minimum absolute atomic E-state index is 0.428. The molecule has 4 aromatic rings. The molecule has 1 aliphatic rings. The normalized spacial score (nSPS) is 15.9. The highest BCUT2D eigenvalue weighted by Crippen LogP contribution is 2.40. The molecule has 0 amide bonds. The molecule has 0 radical (unpaired) electrons. The van der Waals surface area contributed by atoms with Gasteiger partial charge in [-0.1, -0.05) is 19.4 Å². The van der Waals surface area contributed by atoms with Crippen LogP contribution in [0.3, 0.4) is 0 Å². The molecule has 31 heavy (non-hydrogen) atoms. The average Bonchev–Trinajstić information content (AvgIpc) is 3.26. The van der Waals surface area contributed by atoms with Crippen LogP contribution in [0.15, 0.2) is 42.7 Å². The van der Waals surface area contributed by atoms with Gasteiger partial charge in [0.1, 0.15) is 5.69 Å². The minimum atomic E-state index is 0.428. The lowest BCUT2D eigenvalue weighted by Crippen LogP contribution is -2.15. The van der Waals surface area contributed by atoms with Crippen LogP contribution in [-0.2, 0) is 20.5 Å². The van der Waals surface area contributed by atoms with Crippen molar-refractivity contribution in [2.45, 2.75) is 39.2 Å². The molecule has 0 aliphatic carbocycles. The van der Waals surface area contributed by atoms with Crippen molar-refractivity contribution in [3.8, 4) is 22.4 Å². The Morgan fingerprint density at radius 1 is 1.13 bits per heavy atom. The van der Waals surface area contributed by atoms with E-state index in [9.17, 15) is 0 Å². The van der Waals surface area contributed by atoms with Crippen LogP contribution in [0.4, 0.5) is 11.4 Å². The Balaban J connectivity index is 1.71. The molecule has 2 N–H and O–H groups in total. The highest BCUT2D eigenvalue weighted by Gasteiger charge is 2.19. The molecule has 160 valence electrons. The standard InChI is InChI=1S/C25H30N6/c1-5-6-17-11-20(25-22(12-17)26-10-9-16(2)28-25)18-7-8-23-21(13-18)24(29-31(23)4)19-14-27-30(3)15-19/h7-8,11-16,26,28H,5-6,9-10H2,1-4H3. The summed E-state index contributed by atoms with van der Waals surface area (Å²) in [6.07, 6.45) is 7.22. The van der Waals surface area contributed by atoms with Crippen LogP contribution < -0.4 is 10.6 Å². The largest absolute Gasteiger partial charge is 0.383 e. The molecule has 0 spiro atoms. The molecule has 3 heterocycles. The van der Waals surface area contributed by atoms with Crippen molar-refractivity contribution in [1.82, 2.24) is 19.6 Å². The molecule has 6 heteroatoms. The summed E-state index contributed by atoms with van der Waals surface area (Å²) >= 11 is 0. The van der Waals surface area contributed by atoms with E-state index in [0.717, 1.165) is 48.0 Å². The number of anilines is 2. The van der Waals surface area contributed by atoms with Crippen molar-refractivity contribution >= 4 is 22.3 Å². The van der Waals surface area contributed by atoms with Gasteiger partial charge >= 0.3 is 0 Å². The van der Waals surface area contributed by atoms with Gasteiger partial charge in [-0.3, -0.25) is 9.36 Å². The smallest absolute Gasteiger partial charge is 0.103 e. The Bertz CT molecular complexity index is 1250. The van der Waals surface area contributed by atoms with Gasteiger partial charge < -0.3 is 10.6 Å². The highest BCUT2D eigenvalue weighted by atomic mass is 15.3. The first-order valence-corrected chi connectivity index (χ1v) is 11.2. The first-order valence-electron chi connectivity index (χ1n) is 11.2. The number of nitrogens with zero attached hydrogens (tertiary/aromatic N) is 4. The number of hydrogen-bond donors (Lipinski definition) is 2. The summed E-state index contributed by atoms with van der Waals surface area (Å²) < 4.78 is 3.78. The molecule has 1 atom stereocenters. The van der Waals surface area contributed by atoms with Crippen LogP contribution in [0, 0.1) is 0 Å². The molecule has 0 fully saturated rings. The molecule has 1 unspecified atom stereocenters. The SMILES string of the molecule is CCCc1cc2c(c(-c3ccc4c(c3)c(-c3cnn(C)c3)nn4C)c1)NC(C)CCN2.